The Hall–Kier alpha value is -2.82. The van der Waals surface area contributed by atoms with E-state index in [2.05, 4.69) is 15.4 Å². The summed E-state index contributed by atoms with van der Waals surface area (Å²) < 4.78 is 4.65. The number of aryl methyl sites for hydroxylation is 1. The van der Waals surface area contributed by atoms with E-state index in [-0.39, 0.29) is 12.5 Å². The number of carbonyl (C=O) groups excluding carboxylic acids is 2. The van der Waals surface area contributed by atoms with E-state index >= 15 is 0 Å². The molecule has 0 atom stereocenters. The van der Waals surface area contributed by atoms with Crippen molar-refractivity contribution >= 4 is 23.3 Å². The number of hydrogen-bond acceptors (Lipinski definition) is 4. The third kappa shape index (κ3) is 4.34. The van der Waals surface area contributed by atoms with Crippen molar-refractivity contribution in [2.75, 3.05) is 24.3 Å². The molecule has 0 saturated carbocycles. The molecule has 0 aromatic heterocycles. The zero-order valence-corrected chi connectivity index (χ0v) is 12.6. The molecule has 1 amide bonds. The molecular formula is C17H18N2O3. The Balaban J connectivity index is 1.91. The highest BCUT2D eigenvalue weighted by Crippen LogP contribution is 2.12. The van der Waals surface area contributed by atoms with Crippen LogP contribution in [0.3, 0.4) is 0 Å². The lowest BCUT2D eigenvalue weighted by atomic mass is 10.2. The lowest BCUT2D eigenvalue weighted by Crippen LogP contribution is -2.21. The molecule has 0 saturated heterocycles. The standard InChI is InChI=1S/C17H18N2O3/c1-12-6-8-14(9-7-12)18-11-16(20)19-15-5-3-4-13(10-15)17(21)22-2/h3-10,18H,11H2,1-2H3,(H,19,20). The van der Waals surface area contributed by atoms with Crippen molar-refractivity contribution in [1.29, 1.82) is 0 Å². The predicted octanol–water partition coefficient (Wildman–Crippen LogP) is 2.83. The van der Waals surface area contributed by atoms with E-state index in [0.717, 1.165) is 11.3 Å². The number of methoxy groups -OCH3 is 1. The topological polar surface area (TPSA) is 67.4 Å². The lowest BCUT2D eigenvalue weighted by Gasteiger charge is -2.09. The van der Waals surface area contributed by atoms with Crippen LogP contribution in [0.15, 0.2) is 48.5 Å². The number of anilines is 2. The second-order valence-electron chi connectivity index (χ2n) is 4.84. The number of ether oxygens (including phenoxy) is 1. The number of rotatable bonds is 5. The average molecular weight is 298 g/mol. The largest absolute Gasteiger partial charge is 0.465 e. The van der Waals surface area contributed by atoms with Crippen LogP contribution in [0, 0.1) is 6.92 Å². The highest BCUT2D eigenvalue weighted by atomic mass is 16.5. The van der Waals surface area contributed by atoms with Crippen LogP contribution in [0.25, 0.3) is 0 Å². The van der Waals surface area contributed by atoms with Crippen LogP contribution in [-0.2, 0) is 9.53 Å². The highest BCUT2D eigenvalue weighted by Gasteiger charge is 2.07. The molecule has 2 rings (SSSR count). The van der Waals surface area contributed by atoms with Gasteiger partial charge in [-0.1, -0.05) is 23.8 Å². The molecule has 0 heterocycles. The normalized spacial score (nSPS) is 9.91. The third-order valence-electron chi connectivity index (χ3n) is 3.07. The third-order valence-corrected chi connectivity index (χ3v) is 3.07. The quantitative estimate of drug-likeness (QED) is 0.833. The fourth-order valence-electron chi connectivity index (χ4n) is 1.90. The molecule has 0 aliphatic heterocycles. The van der Waals surface area contributed by atoms with Crippen molar-refractivity contribution in [2.24, 2.45) is 0 Å². The highest BCUT2D eigenvalue weighted by molar-refractivity contribution is 5.96. The number of nitrogens with one attached hydrogen (secondary N) is 2. The van der Waals surface area contributed by atoms with Crippen LogP contribution < -0.4 is 10.6 Å². The van der Waals surface area contributed by atoms with Crippen molar-refractivity contribution in [3.63, 3.8) is 0 Å². The molecule has 0 radical (unpaired) electrons. The molecule has 114 valence electrons. The summed E-state index contributed by atoms with van der Waals surface area (Å²) in [6.45, 7) is 2.15. The number of amides is 1. The van der Waals surface area contributed by atoms with Gasteiger partial charge in [-0.25, -0.2) is 4.79 Å². The summed E-state index contributed by atoms with van der Waals surface area (Å²) in [7, 11) is 1.32. The van der Waals surface area contributed by atoms with Crippen molar-refractivity contribution in [3.8, 4) is 0 Å². The maximum absolute atomic E-state index is 11.9. The van der Waals surface area contributed by atoms with Gasteiger partial charge in [-0.3, -0.25) is 4.79 Å². The van der Waals surface area contributed by atoms with E-state index in [4.69, 9.17) is 0 Å². The second-order valence-corrected chi connectivity index (χ2v) is 4.84. The Labute approximate surface area is 129 Å². The number of benzene rings is 2. The SMILES string of the molecule is COC(=O)c1cccc(NC(=O)CNc2ccc(C)cc2)c1. The molecule has 5 nitrogen and oxygen atoms in total. The zero-order chi connectivity index (χ0) is 15.9. The van der Waals surface area contributed by atoms with Gasteiger partial charge in [0.1, 0.15) is 0 Å². The summed E-state index contributed by atoms with van der Waals surface area (Å²) in [6.07, 6.45) is 0. The van der Waals surface area contributed by atoms with E-state index in [1.54, 1.807) is 24.3 Å². The van der Waals surface area contributed by atoms with Crippen molar-refractivity contribution in [2.45, 2.75) is 6.92 Å². The van der Waals surface area contributed by atoms with Gasteiger partial charge in [0.2, 0.25) is 5.91 Å². The molecule has 0 aliphatic rings. The molecule has 0 unspecified atom stereocenters. The summed E-state index contributed by atoms with van der Waals surface area (Å²) in [6, 6.07) is 14.4. The molecule has 2 aromatic carbocycles. The molecule has 0 aliphatic carbocycles. The molecule has 0 fully saturated rings. The van der Waals surface area contributed by atoms with Crippen molar-refractivity contribution < 1.29 is 14.3 Å². The van der Waals surface area contributed by atoms with Crippen LogP contribution in [-0.4, -0.2) is 25.5 Å². The summed E-state index contributed by atoms with van der Waals surface area (Å²) in [5.74, 6) is -0.628. The van der Waals surface area contributed by atoms with Crippen LogP contribution in [0.4, 0.5) is 11.4 Å². The lowest BCUT2D eigenvalue weighted by molar-refractivity contribution is -0.114. The molecule has 0 spiro atoms. The predicted molar refractivity (Wildman–Crippen MR) is 86.1 cm³/mol. The van der Waals surface area contributed by atoms with Gasteiger partial charge in [-0.05, 0) is 37.3 Å². The summed E-state index contributed by atoms with van der Waals surface area (Å²) >= 11 is 0. The van der Waals surface area contributed by atoms with E-state index in [0.29, 0.717) is 11.3 Å². The first-order chi connectivity index (χ1) is 10.6. The van der Waals surface area contributed by atoms with Gasteiger partial charge in [0.15, 0.2) is 0 Å². The maximum Gasteiger partial charge on any atom is 0.337 e. The summed E-state index contributed by atoms with van der Waals surface area (Å²) in [4.78, 5) is 23.4. The molecule has 2 aromatic rings. The molecule has 5 heteroatoms. The maximum atomic E-state index is 11.9. The van der Waals surface area contributed by atoms with Gasteiger partial charge in [-0.2, -0.15) is 0 Å². The van der Waals surface area contributed by atoms with E-state index < -0.39 is 5.97 Å². The number of esters is 1. The first-order valence-corrected chi connectivity index (χ1v) is 6.87. The average Bonchev–Trinajstić information content (AvgIpc) is 2.54. The Kier molecular flexibility index (Phi) is 5.14. The summed E-state index contributed by atoms with van der Waals surface area (Å²) in [5, 5.41) is 5.77. The van der Waals surface area contributed by atoms with E-state index in [1.807, 2.05) is 31.2 Å². The minimum Gasteiger partial charge on any atom is -0.465 e. The molecular weight excluding hydrogens is 280 g/mol. The first-order valence-electron chi connectivity index (χ1n) is 6.87. The fourth-order valence-corrected chi connectivity index (χ4v) is 1.90. The Morgan fingerprint density at radius 2 is 1.77 bits per heavy atom. The minimum atomic E-state index is -0.436. The van der Waals surface area contributed by atoms with Crippen LogP contribution in [0.5, 0.6) is 0 Å². The van der Waals surface area contributed by atoms with E-state index in [1.165, 1.54) is 7.11 Å². The fraction of sp³-hybridized carbons (Fsp3) is 0.176. The van der Waals surface area contributed by atoms with Gasteiger partial charge in [0.05, 0.1) is 19.2 Å². The first kappa shape index (κ1) is 15.6. The minimum absolute atomic E-state index is 0.144. The van der Waals surface area contributed by atoms with Crippen LogP contribution >= 0.6 is 0 Å². The van der Waals surface area contributed by atoms with E-state index in [9.17, 15) is 9.59 Å². The van der Waals surface area contributed by atoms with Crippen LogP contribution in [0.2, 0.25) is 0 Å². The van der Waals surface area contributed by atoms with Crippen molar-refractivity contribution in [1.82, 2.24) is 0 Å². The van der Waals surface area contributed by atoms with Crippen LogP contribution in [0.1, 0.15) is 15.9 Å². The molecule has 0 bridgehead atoms. The Bertz CT molecular complexity index is 666. The van der Waals surface area contributed by atoms with Gasteiger partial charge in [-0.15, -0.1) is 0 Å². The monoisotopic (exact) mass is 298 g/mol. The molecule has 2 N–H and O–H groups in total. The van der Waals surface area contributed by atoms with Gasteiger partial charge in [0.25, 0.3) is 0 Å². The van der Waals surface area contributed by atoms with Crippen molar-refractivity contribution in [3.05, 3.63) is 59.7 Å². The molecule has 22 heavy (non-hydrogen) atoms. The Morgan fingerprint density at radius 1 is 1.05 bits per heavy atom. The zero-order valence-electron chi connectivity index (χ0n) is 12.6. The second kappa shape index (κ2) is 7.26. The Morgan fingerprint density at radius 3 is 2.45 bits per heavy atom. The smallest absolute Gasteiger partial charge is 0.337 e. The number of hydrogen-bond donors (Lipinski definition) is 2. The van der Waals surface area contributed by atoms with Gasteiger partial charge in [0, 0.05) is 11.4 Å². The van der Waals surface area contributed by atoms with Gasteiger partial charge >= 0.3 is 5.97 Å². The van der Waals surface area contributed by atoms with Gasteiger partial charge < -0.3 is 15.4 Å². The number of carbonyl (C=O) groups is 2. The summed E-state index contributed by atoms with van der Waals surface area (Å²) in [5.41, 5.74) is 2.99.